The van der Waals surface area contributed by atoms with E-state index in [1.165, 1.54) is 17.6 Å². The third-order valence-corrected chi connectivity index (χ3v) is 3.04. The predicted molar refractivity (Wildman–Crippen MR) is 52.9 cm³/mol. The van der Waals surface area contributed by atoms with E-state index in [0.29, 0.717) is 17.9 Å². The smallest absolute Gasteiger partial charge is 0.236 e. The van der Waals surface area contributed by atoms with Crippen LogP contribution in [0.25, 0.3) is 10.8 Å². The molecule has 0 aliphatic carbocycles. The van der Waals surface area contributed by atoms with E-state index in [1.807, 2.05) is 12.1 Å². The number of oxazole rings is 1. The predicted octanol–water partition coefficient (Wildman–Crippen LogP) is 2.98. The molecule has 0 aliphatic heterocycles. The Balaban J connectivity index is 2.40. The number of thiophene rings is 1. The van der Waals surface area contributed by atoms with Crippen molar-refractivity contribution in [2.75, 3.05) is 0 Å². The highest BCUT2D eigenvalue weighted by atomic mass is 79.9. The van der Waals surface area contributed by atoms with Crippen LogP contribution in [0.3, 0.4) is 0 Å². The van der Waals surface area contributed by atoms with Crippen LogP contribution in [0, 0.1) is 0 Å². The van der Waals surface area contributed by atoms with Crippen molar-refractivity contribution in [3.63, 3.8) is 0 Å². The van der Waals surface area contributed by atoms with Crippen molar-refractivity contribution >= 4 is 33.6 Å². The van der Waals surface area contributed by atoms with Crippen LogP contribution in [0.5, 0.6) is 0 Å². The highest BCUT2D eigenvalue weighted by molar-refractivity contribution is 9.11. The lowest BCUT2D eigenvalue weighted by Crippen LogP contribution is -1.77. The van der Waals surface area contributed by atoms with Gasteiger partial charge in [0.05, 0.1) is 8.66 Å². The van der Waals surface area contributed by atoms with Crippen molar-refractivity contribution in [1.29, 1.82) is 0 Å². The molecule has 0 unspecified atom stereocenters. The Kier molecular flexibility index (Phi) is 2.28. The van der Waals surface area contributed by atoms with E-state index >= 15 is 0 Å². The maximum absolute atomic E-state index is 10.3. The Morgan fingerprint density at radius 1 is 1.54 bits per heavy atom. The van der Waals surface area contributed by atoms with E-state index in [9.17, 15) is 4.79 Å². The summed E-state index contributed by atoms with van der Waals surface area (Å²) in [5.41, 5.74) is 0.319. The summed E-state index contributed by atoms with van der Waals surface area (Å²) in [5, 5.41) is 0. The number of halogens is 1. The van der Waals surface area contributed by atoms with Gasteiger partial charge in [-0.2, -0.15) is 0 Å². The molecule has 2 rings (SSSR count). The first-order chi connectivity index (χ1) is 6.29. The van der Waals surface area contributed by atoms with Crippen molar-refractivity contribution in [1.82, 2.24) is 4.98 Å². The normalized spacial score (nSPS) is 10.2. The quantitative estimate of drug-likeness (QED) is 0.777. The Bertz CT molecular complexity index is 435. The summed E-state index contributed by atoms with van der Waals surface area (Å²) in [4.78, 5) is 15.2. The summed E-state index contributed by atoms with van der Waals surface area (Å²) in [5.74, 6) is 0.484. The van der Waals surface area contributed by atoms with Crippen LogP contribution < -0.4 is 0 Å². The first-order valence-electron chi connectivity index (χ1n) is 3.46. The summed E-state index contributed by atoms with van der Waals surface area (Å²) in [6.07, 6.45) is 2.01. The van der Waals surface area contributed by atoms with Crippen molar-refractivity contribution in [3.05, 3.63) is 27.9 Å². The maximum atomic E-state index is 10.3. The second-order valence-corrected chi connectivity index (χ2v) is 4.76. The van der Waals surface area contributed by atoms with Gasteiger partial charge in [0.15, 0.2) is 6.29 Å². The summed E-state index contributed by atoms with van der Waals surface area (Å²) in [6, 6.07) is 3.79. The number of aldehydes is 1. The van der Waals surface area contributed by atoms with E-state index < -0.39 is 0 Å². The van der Waals surface area contributed by atoms with Crippen LogP contribution in [-0.4, -0.2) is 11.3 Å². The first kappa shape index (κ1) is 8.65. The standard InChI is InChI=1S/C8H4BrNO2S/c9-7-2-1-6(13-7)8-10-5(3-11)4-12-8/h1-4H. The molecule has 2 aromatic heterocycles. The van der Waals surface area contributed by atoms with Gasteiger partial charge in [0.2, 0.25) is 5.89 Å². The van der Waals surface area contributed by atoms with Crippen LogP contribution in [0.4, 0.5) is 0 Å². The lowest BCUT2D eigenvalue weighted by Gasteiger charge is -1.84. The average Bonchev–Trinajstić information content (AvgIpc) is 2.71. The third-order valence-electron chi connectivity index (χ3n) is 1.43. The van der Waals surface area contributed by atoms with E-state index in [2.05, 4.69) is 20.9 Å². The molecule has 5 heteroatoms. The molecule has 0 spiro atoms. The molecule has 0 saturated heterocycles. The van der Waals surface area contributed by atoms with E-state index in [4.69, 9.17) is 4.42 Å². The molecular formula is C8H4BrNO2S. The molecule has 0 radical (unpaired) electrons. The van der Waals surface area contributed by atoms with E-state index in [1.54, 1.807) is 0 Å². The second kappa shape index (κ2) is 3.43. The fourth-order valence-corrected chi connectivity index (χ4v) is 2.20. The van der Waals surface area contributed by atoms with E-state index in [-0.39, 0.29) is 0 Å². The number of hydrogen-bond acceptors (Lipinski definition) is 4. The zero-order valence-electron chi connectivity index (χ0n) is 6.36. The third kappa shape index (κ3) is 1.71. The minimum atomic E-state index is 0.319. The van der Waals surface area contributed by atoms with Gasteiger partial charge in [0, 0.05) is 0 Å². The summed E-state index contributed by atoms with van der Waals surface area (Å²) in [7, 11) is 0. The summed E-state index contributed by atoms with van der Waals surface area (Å²) in [6.45, 7) is 0. The molecule has 13 heavy (non-hydrogen) atoms. The molecule has 2 heterocycles. The second-order valence-electron chi connectivity index (χ2n) is 2.30. The lowest BCUT2D eigenvalue weighted by atomic mass is 10.5. The fraction of sp³-hybridized carbons (Fsp3) is 0. The minimum absolute atomic E-state index is 0.319. The topological polar surface area (TPSA) is 43.1 Å². The molecule has 0 fully saturated rings. The van der Waals surface area contributed by atoms with Crippen LogP contribution in [0.2, 0.25) is 0 Å². The number of carbonyl (C=O) groups is 1. The lowest BCUT2D eigenvalue weighted by molar-refractivity contribution is 0.111. The number of nitrogens with zero attached hydrogens (tertiary/aromatic N) is 1. The van der Waals surface area contributed by atoms with Gasteiger partial charge in [-0.15, -0.1) is 11.3 Å². The molecule has 66 valence electrons. The molecule has 3 nitrogen and oxygen atoms in total. The van der Waals surface area contributed by atoms with Gasteiger partial charge in [0.25, 0.3) is 0 Å². The number of hydrogen-bond donors (Lipinski definition) is 0. The Labute approximate surface area is 86.5 Å². The molecule has 0 atom stereocenters. The van der Waals surface area contributed by atoms with Gasteiger partial charge in [-0.1, -0.05) is 0 Å². The minimum Gasteiger partial charge on any atom is -0.443 e. The van der Waals surface area contributed by atoms with E-state index in [0.717, 1.165) is 8.66 Å². The fourth-order valence-electron chi connectivity index (χ4n) is 0.883. The van der Waals surface area contributed by atoms with Gasteiger partial charge in [0.1, 0.15) is 12.0 Å². The monoisotopic (exact) mass is 257 g/mol. The average molecular weight is 258 g/mol. The summed E-state index contributed by atoms with van der Waals surface area (Å²) < 4.78 is 6.11. The van der Waals surface area contributed by atoms with Crippen molar-refractivity contribution in [2.24, 2.45) is 0 Å². The SMILES string of the molecule is O=Cc1coc(-c2ccc(Br)s2)n1. The molecule has 0 N–H and O–H groups in total. The molecule has 0 saturated carbocycles. The number of aromatic nitrogens is 1. The van der Waals surface area contributed by atoms with Crippen LogP contribution in [0.1, 0.15) is 10.5 Å². The van der Waals surface area contributed by atoms with Gasteiger partial charge in [-0.05, 0) is 28.1 Å². The first-order valence-corrected chi connectivity index (χ1v) is 5.07. The maximum Gasteiger partial charge on any atom is 0.236 e. The Hall–Kier alpha value is -0.940. The highest BCUT2D eigenvalue weighted by Gasteiger charge is 2.07. The van der Waals surface area contributed by atoms with Gasteiger partial charge in [-0.25, -0.2) is 4.98 Å². The Morgan fingerprint density at radius 3 is 2.92 bits per heavy atom. The molecular weight excluding hydrogens is 254 g/mol. The van der Waals surface area contributed by atoms with Crippen molar-refractivity contribution in [3.8, 4) is 10.8 Å². The molecule has 0 bridgehead atoms. The van der Waals surface area contributed by atoms with Crippen LogP contribution in [-0.2, 0) is 0 Å². The number of carbonyl (C=O) groups excluding carboxylic acids is 1. The largest absolute Gasteiger partial charge is 0.443 e. The zero-order valence-corrected chi connectivity index (χ0v) is 8.76. The van der Waals surface area contributed by atoms with Gasteiger partial charge >= 0.3 is 0 Å². The number of rotatable bonds is 2. The molecule has 0 amide bonds. The van der Waals surface area contributed by atoms with Crippen molar-refractivity contribution in [2.45, 2.75) is 0 Å². The molecule has 2 aromatic rings. The Morgan fingerprint density at radius 2 is 2.38 bits per heavy atom. The van der Waals surface area contributed by atoms with Crippen molar-refractivity contribution < 1.29 is 9.21 Å². The molecule has 0 aliphatic rings. The van der Waals surface area contributed by atoms with Crippen LogP contribution >= 0.6 is 27.3 Å². The van der Waals surface area contributed by atoms with Gasteiger partial charge < -0.3 is 4.42 Å². The highest BCUT2D eigenvalue weighted by Crippen LogP contribution is 2.30. The summed E-state index contributed by atoms with van der Waals surface area (Å²) >= 11 is 4.84. The van der Waals surface area contributed by atoms with Gasteiger partial charge in [-0.3, -0.25) is 4.79 Å². The van der Waals surface area contributed by atoms with Crippen LogP contribution in [0.15, 0.2) is 26.6 Å². The zero-order chi connectivity index (χ0) is 9.26. The molecule has 0 aromatic carbocycles.